The second kappa shape index (κ2) is 6.93. The average Bonchev–Trinajstić information content (AvgIpc) is 2.67. The first-order valence-corrected chi connectivity index (χ1v) is 9.27. The zero-order valence-corrected chi connectivity index (χ0v) is 15.7. The maximum atomic E-state index is 6.34. The number of halogens is 1. The molecule has 1 heterocycles. The van der Waals surface area contributed by atoms with Gasteiger partial charge in [0.15, 0.2) is 0 Å². The topological polar surface area (TPSA) is 12.9 Å². The molecule has 0 saturated heterocycles. The van der Waals surface area contributed by atoms with Crippen molar-refractivity contribution in [2.24, 2.45) is 0 Å². The van der Waals surface area contributed by atoms with Crippen LogP contribution >= 0.6 is 11.6 Å². The fourth-order valence-electron chi connectivity index (χ4n) is 3.54. The average molecular weight is 358 g/mol. The molecule has 0 N–H and O–H groups in total. The highest BCUT2D eigenvalue weighted by molar-refractivity contribution is 6.31. The van der Waals surface area contributed by atoms with Crippen LogP contribution in [0.2, 0.25) is 5.02 Å². The molecule has 0 bridgehead atoms. The van der Waals surface area contributed by atoms with E-state index in [1.54, 1.807) is 0 Å². The molecular weight excluding hydrogens is 338 g/mol. The number of rotatable bonds is 3. The highest BCUT2D eigenvalue weighted by atomic mass is 35.5. The van der Waals surface area contributed by atoms with E-state index in [2.05, 4.69) is 62.4 Å². The number of aromatic nitrogens is 1. The van der Waals surface area contributed by atoms with Crippen molar-refractivity contribution in [2.75, 3.05) is 0 Å². The minimum Gasteiger partial charge on any atom is -0.247 e. The molecular formula is C24H20ClN. The number of benzene rings is 3. The maximum Gasteiger partial charge on any atom is 0.0750 e. The Balaban J connectivity index is 2.17. The fourth-order valence-corrected chi connectivity index (χ4v) is 3.72. The number of fused-ring (bicyclic) bond motifs is 1. The second-order valence-electron chi connectivity index (χ2n) is 6.80. The van der Waals surface area contributed by atoms with Crippen molar-refractivity contribution in [3.63, 3.8) is 0 Å². The Morgan fingerprint density at radius 3 is 2.00 bits per heavy atom. The lowest BCUT2D eigenvalue weighted by Gasteiger charge is -2.20. The lowest BCUT2D eigenvalue weighted by molar-refractivity contribution is 0.867. The van der Waals surface area contributed by atoms with Crippen molar-refractivity contribution in [2.45, 2.75) is 19.8 Å². The summed E-state index contributed by atoms with van der Waals surface area (Å²) in [4.78, 5) is 5.04. The summed E-state index contributed by atoms with van der Waals surface area (Å²) in [6.45, 7) is 4.46. The molecule has 1 aromatic heterocycles. The van der Waals surface area contributed by atoms with Crippen molar-refractivity contribution in [1.82, 2.24) is 4.98 Å². The first kappa shape index (κ1) is 16.8. The van der Waals surface area contributed by atoms with Crippen LogP contribution in [0.4, 0.5) is 0 Å². The summed E-state index contributed by atoms with van der Waals surface area (Å²) in [6, 6.07) is 26.9. The Hall–Kier alpha value is -2.64. The van der Waals surface area contributed by atoms with E-state index in [-0.39, 0.29) is 0 Å². The molecule has 0 aliphatic rings. The van der Waals surface area contributed by atoms with Crippen LogP contribution in [0, 0.1) is 0 Å². The quantitative estimate of drug-likeness (QED) is 0.373. The molecule has 0 saturated carbocycles. The van der Waals surface area contributed by atoms with Gasteiger partial charge in [-0.25, -0.2) is 4.98 Å². The molecule has 0 aliphatic heterocycles. The van der Waals surface area contributed by atoms with E-state index in [1.165, 1.54) is 16.7 Å². The minimum atomic E-state index is 0.330. The monoisotopic (exact) mass is 357 g/mol. The van der Waals surface area contributed by atoms with Crippen LogP contribution in [0.5, 0.6) is 0 Å². The normalized spacial score (nSPS) is 11.2. The Morgan fingerprint density at radius 1 is 0.769 bits per heavy atom. The molecule has 0 aliphatic carbocycles. The standard InChI is InChI=1S/C24H20ClN/c1-16(2)22-23(17-9-5-3-6-10-17)20-15-19(25)13-14-21(20)26-24(22)18-11-7-4-8-12-18/h3-16H,1-2H3. The van der Waals surface area contributed by atoms with Crippen LogP contribution in [-0.4, -0.2) is 4.98 Å². The fraction of sp³-hybridized carbons (Fsp3) is 0.125. The van der Waals surface area contributed by atoms with E-state index >= 15 is 0 Å². The van der Waals surface area contributed by atoms with Crippen molar-refractivity contribution in [3.05, 3.63) is 89.4 Å². The molecule has 0 fully saturated rings. The van der Waals surface area contributed by atoms with Crippen LogP contribution in [0.3, 0.4) is 0 Å². The molecule has 0 unspecified atom stereocenters. The summed E-state index contributed by atoms with van der Waals surface area (Å²) in [7, 11) is 0. The van der Waals surface area contributed by atoms with E-state index in [0.29, 0.717) is 5.92 Å². The minimum absolute atomic E-state index is 0.330. The molecule has 2 heteroatoms. The van der Waals surface area contributed by atoms with Gasteiger partial charge in [0.1, 0.15) is 0 Å². The third-order valence-electron chi connectivity index (χ3n) is 4.67. The summed E-state index contributed by atoms with van der Waals surface area (Å²) in [5.74, 6) is 0.330. The smallest absolute Gasteiger partial charge is 0.0750 e. The molecule has 0 amide bonds. The molecule has 3 aromatic carbocycles. The summed E-state index contributed by atoms with van der Waals surface area (Å²) < 4.78 is 0. The lowest BCUT2D eigenvalue weighted by atomic mass is 9.86. The Kier molecular flexibility index (Phi) is 4.48. The van der Waals surface area contributed by atoms with Crippen LogP contribution in [0.1, 0.15) is 25.3 Å². The number of nitrogens with zero attached hydrogens (tertiary/aromatic N) is 1. The van der Waals surface area contributed by atoms with Gasteiger partial charge in [-0.2, -0.15) is 0 Å². The van der Waals surface area contributed by atoms with Crippen molar-refractivity contribution in [3.8, 4) is 22.4 Å². The van der Waals surface area contributed by atoms with E-state index in [9.17, 15) is 0 Å². The Bertz CT molecular complexity index is 1050. The predicted octanol–water partition coefficient (Wildman–Crippen LogP) is 7.35. The molecule has 26 heavy (non-hydrogen) atoms. The number of hydrogen-bond acceptors (Lipinski definition) is 1. The van der Waals surface area contributed by atoms with Gasteiger partial charge in [-0.3, -0.25) is 0 Å². The molecule has 4 aromatic rings. The molecule has 128 valence electrons. The van der Waals surface area contributed by atoms with Gasteiger partial charge in [0.25, 0.3) is 0 Å². The van der Waals surface area contributed by atoms with Gasteiger partial charge in [-0.15, -0.1) is 0 Å². The number of pyridine rings is 1. The summed E-state index contributed by atoms with van der Waals surface area (Å²) >= 11 is 6.34. The van der Waals surface area contributed by atoms with E-state index in [1.807, 2.05) is 30.3 Å². The predicted molar refractivity (Wildman–Crippen MR) is 112 cm³/mol. The van der Waals surface area contributed by atoms with Crippen molar-refractivity contribution >= 4 is 22.5 Å². The molecule has 0 spiro atoms. The first-order chi connectivity index (χ1) is 12.6. The van der Waals surface area contributed by atoms with Gasteiger partial charge >= 0.3 is 0 Å². The largest absolute Gasteiger partial charge is 0.247 e. The second-order valence-corrected chi connectivity index (χ2v) is 7.23. The van der Waals surface area contributed by atoms with E-state index < -0.39 is 0 Å². The zero-order valence-electron chi connectivity index (χ0n) is 14.9. The molecule has 0 radical (unpaired) electrons. The van der Waals surface area contributed by atoms with Gasteiger partial charge in [0, 0.05) is 16.0 Å². The number of hydrogen-bond donors (Lipinski definition) is 0. The van der Waals surface area contributed by atoms with Gasteiger partial charge in [0.2, 0.25) is 0 Å². The SMILES string of the molecule is CC(C)c1c(-c2ccccc2)nc2ccc(Cl)cc2c1-c1ccccc1. The zero-order chi connectivity index (χ0) is 18.1. The third-order valence-corrected chi connectivity index (χ3v) is 4.91. The van der Waals surface area contributed by atoms with Crippen LogP contribution in [-0.2, 0) is 0 Å². The van der Waals surface area contributed by atoms with Gasteiger partial charge in [0.05, 0.1) is 11.2 Å². The van der Waals surface area contributed by atoms with Crippen LogP contribution < -0.4 is 0 Å². The lowest BCUT2D eigenvalue weighted by Crippen LogP contribution is -2.01. The van der Waals surface area contributed by atoms with Crippen molar-refractivity contribution < 1.29 is 0 Å². The highest BCUT2D eigenvalue weighted by Crippen LogP contribution is 2.41. The van der Waals surface area contributed by atoms with E-state index in [4.69, 9.17) is 16.6 Å². The van der Waals surface area contributed by atoms with E-state index in [0.717, 1.165) is 27.2 Å². The maximum absolute atomic E-state index is 6.34. The summed E-state index contributed by atoms with van der Waals surface area (Å²) in [5, 5.41) is 1.84. The molecule has 1 nitrogen and oxygen atoms in total. The summed E-state index contributed by atoms with van der Waals surface area (Å²) in [5.41, 5.74) is 6.85. The van der Waals surface area contributed by atoms with Crippen LogP contribution in [0.15, 0.2) is 78.9 Å². The van der Waals surface area contributed by atoms with Gasteiger partial charge in [-0.05, 0) is 40.8 Å². The van der Waals surface area contributed by atoms with Gasteiger partial charge < -0.3 is 0 Å². The molecule has 0 atom stereocenters. The summed E-state index contributed by atoms with van der Waals surface area (Å²) in [6.07, 6.45) is 0. The Labute approximate surface area is 159 Å². The van der Waals surface area contributed by atoms with Crippen LogP contribution in [0.25, 0.3) is 33.3 Å². The molecule has 4 rings (SSSR count). The highest BCUT2D eigenvalue weighted by Gasteiger charge is 2.20. The Morgan fingerprint density at radius 2 is 1.38 bits per heavy atom. The third kappa shape index (κ3) is 3.00. The van der Waals surface area contributed by atoms with Crippen molar-refractivity contribution in [1.29, 1.82) is 0 Å². The first-order valence-electron chi connectivity index (χ1n) is 8.89. The van der Waals surface area contributed by atoms with Gasteiger partial charge in [-0.1, -0.05) is 86.1 Å².